The summed E-state index contributed by atoms with van der Waals surface area (Å²) in [5.74, 6) is 0. The molecule has 1 aromatic heterocycles. The van der Waals surface area contributed by atoms with Crippen LogP contribution in [0.2, 0.25) is 0 Å². The van der Waals surface area contributed by atoms with Crippen LogP contribution in [0.15, 0.2) is 5.51 Å². The largest absolute Gasteiger partial charge is 0.396 e. The normalized spacial score (nSPS) is 13.0. The van der Waals surface area contributed by atoms with Crippen LogP contribution in [0.1, 0.15) is 30.3 Å². The van der Waals surface area contributed by atoms with E-state index in [1.807, 2.05) is 5.51 Å². The van der Waals surface area contributed by atoms with Crippen molar-refractivity contribution in [1.82, 2.24) is 10.3 Å². The van der Waals surface area contributed by atoms with Gasteiger partial charge in [0.25, 0.3) is 0 Å². The number of aryl methyl sites for hydroxylation is 1. The van der Waals surface area contributed by atoms with Gasteiger partial charge in [-0.1, -0.05) is 6.92 Å². The molecule has 0 fully saturated rings. The lowest BCUT2D eigenvalue weighted by Crippen LogP contribution is -2.31. The van der Waals surface area contributed by atoms with E-state index in [2.05, 4.69) is 24.1 Å². The summed E-state index contributed by atoms with van der Waals surface area (Å²) in [4.78, 5) is 5.58. The molecule has 0 aromatic carbocycles. The van der Waals surface area contributed by atoms with Gasteiger partial charge in [0.05, 0.1) is 11.2 Å². The minimum absolute atomic E-state index is 0.269. The van der Waals surface area contributed by atoms with Gasteiger partial charge >= 0.3 is 0 Å². The van der Waals surface area contributed by atoms with E-state index < -0.39 is 0 Å². The first-order valence-corrected chi connectivity index (χ1v) is 6.39. The predicted molar refractivity (Wildman–Crippen MR) is 64.3 cm³/mol. The minimum atomic E-state index is 0.269. The average Bonchev–Trinajstić information content (AvgIpc) is 2.63. The van der Waals surface area contributed by atoms with Crippen LogP contribution in [-0.2, 0) is 6.42 Å². The summed E-state index contributed by atoms with van der Waals surface area (Å²) in [7, 11) is 0. The molecule has 0 radical (unpaired) electrons. The van der Waals surface area contributed by atoms with Gasteiger partial charge in [-0.25, -0.2) is 4.98 Å². The summed E-state index contributed by atoms with van der Waals surface area (Å²) >= 11 is 1.72. The van der Waals surface area contributed by atoms with E-state index >= 15 is 0 Å². The minimum Gasteiger partial charge on any atom is -0.396 e. The Morgan fingerprint density at radius 2 is 2.40 bits per heavy atom. The summed E-state index contributed by atoms with van der Waals surface area (Å²) in [6, 6.07) is 0.447. The highest BCUT2D eigenvalue weighted by atomic mass is 32.1. The molecule has 86 valence electrons. The van der Waals surface area contributed by atoms with Crippen molar-refractivity contribution in [2.24, 2.45) is 0 Å². The second-order valence-corrected chi connectivity index (χ2v) is 4.62. The number of rotatable bonds is 7. The molecule has 1 rings (SSSR count). The zero-order valence-electron chi connectivity index (χ0n) is 9.49. The van der Waals surface area contributed by atoms with Crippen LogP contribution in [0.3, 0.4) is 0 Å². The van der Waals surface area contributed by atoms with E-state index in [0.717, 1.165) is 31.5 Å². The smallest absolute Gasteiger partial charge is 0.0797 e. The fourth-order valence-electron chi connectivity index (χ4n) is 1.56. The van der Waals surface area contributed by atoms with Crippen molar-refractivity contribution in [3.05, 3.63) is 16.1 Å². The lowest BCUT2D eigenvalue weighted by molar-refractivity contribution is 0.263. The molecular formula is C11H20N2OS. The Kier molecular flexibility index (Phi) is 5.83. The molecular weight excluding hydrogens is 208 g/mol. The standard InChI is InChI=1S/C11H20N2OS/c1-3-10(5-7-14)12-6-4-11-9(2)13-8-15-11/h8,10,12,14H,3-7H2,1-2H3. The molecule has 1 atom stereocenters. The number of aliphatic hydroxyl groups is 1. The first-order chi connectivity index (χ1) is 7.27. The van der Waals surface area contributed by atoms with Gasteiger partial charge < -0.3 is 10.4 Å². The Morgan fingerprint density at radius 3 is 2.93 bits per heavy atom. The van der Waals surface area contributed by atoms with Crippen molar-refractivity contribution in [2.75, 3.05) is 13.2 Å². The maximum atomic E-state index is 8.85. The SMILES string of the molecule is CCC(CCO)NCCc1scnc1C. The van der Waals surface area contributed by atoms with E-state index in [-0.39, 0.29) is 6.61 Å². The molecule has 15 heavy (non-hydrogen) atoms. The topological polar surface area (TPSA) is 45.1 Å². The predicted octanol–water partition coefficient (Wildman–Crippen LogP) is 1.74. The maximum absolute atomic E-state index is 8.85. The van der Waals surface area contributed by atoms with Gasteiger partial charge in [-0.15, -0.1) is 11.3 Å². The average molecular weight is 228 g/mol. The molecule has 0 bridgehead atoms. The number of hydrogen-bond acceptors (Lipinski definition) is 4. The van der Waals surface area contributed by atoms with Crippen LogP contribution in [-0.4, -0.2) is 29.3 Å². The molecule has 0 aliphatic heterocycles. The van der Waals surface area contributed by atoms with Crippen LogP contribution >= 0.6 is 11.3 Å². The van der Waals surface area contributed by atoms with Gasteiger partial charge in [0, 0.05) is 24.1 Å². The number of hydrogen-bond donors (Lipinski definition) is 2. The first-order valence-electron chi connectivity index (χ1n) is 5.51. The second kappa shape index (κ2) is 6.93. The number of nitrogens with one attached hydrogen (secondary N) is 1. The van der Waals surface area contributed by atoms with Gasteiger partial charge in [0.2, 0.25) is 0 Å². The molecule has 4 heteroatoms. The Balaban J connectivity index is 2.23. The van der Waals surface area contributed by atoms with Crippen LogP contribution in [0, 0.1) is 6.92 Å². The van der Waals surface area contributed by atoms with Crippen LogP contribution in [0.25, 0.3) is 0 Å². The quantitative estimate of drug-likeness (QED) is 0.747. The number of thiazole rings is 1. The molecule has 0 aliphatic rings. The van der Waals surface area contributed by atoms with Crippen LogP contribution in [0.5, 0.6) is 0 Å². The molecule has 0 saturated heterocycles. The highest BCUT2D eigenvalue weighted by Gasteiger charge is 2.05. The highest BCUT2D eigenvalue weighted by Crippen LogP contribution is 2.12. The van der Waals surface area contributed by atoms with E-state index in [9.17, 15) is 0 Å². The Hall–Kier alpha value is -0.450. The van der Waals surface area contributed by atoms with Gasteiger partial charge in [0.15, 0.2) is 0 Å². The molecule has 1 unspecified atom stereocenters. The Labute approximate surface area is 95.6 Å². The van der Waals surface area contributed by atoms with E-state index in [1.165, 1.54) is 4.88 Å². The van der Waals surface area contributed by atoms with Gasteiger partial charge in [-0.05, 0) is 26.2 Å². The fourth-order valence-corrected chi connectivity index (χ4v) is 2.34. The summed E-state index contributed by atoms with van der Waals surface area (Å²) in [5, 5.41) is 12.3. The second-order valence-electron chi connectivity index (χ2n) is 3.68. The van der Waals surface area contributed by atoms with Crippen molar-refractivity contribution >= 4 is 11.3 Å². The molecule has 0 amide bonds. The zero-order chi connectivity index (χ0) is 11.1. The van der Waals surface area contributed by atoms with Crippen molar-refractivity contribution in [2.45, 2.75) is 39.2 Å². The third-order valence-electron chi connectivity index (χ3n) is 2.60. The Morgan fingerprint density at radius 1 is 1.60 bits per heavy atom. The molecule has 0 aliphatic carbocycles. The zero-order valence-corrected chi connectivity index (χ0v) is 10.3. The summed E-state index contributed by atoms with van der Waals surface area (Å²) < 4.78 is 0. The molecule has 0 saturated carbocycles. The first kappa shape index (κ1) is 12.6. The van der Waals surface area contributed by atoms with Crippen molar-refractivity contribution < 1.29 is 5.11 Å². The Bertz CT molecular complexity index is 275. The molecule has 0 spiro atoms. The fraction of sp³-hybridized carbons (Fsp3) is 0.727. The third-order valence-corrected chi connectivity index (χ3v) is 3.60. The van der Waals surface area contributed by atoms with Gasteiger partial charge in [-0.3, -0.25) is 0 Å². The van der Waals surface area contributed by atoms with E-state index in [1.54, 1.807) is 11.3 Å². The lowest BCUT2D eigenvalue weighted by atomic mass is 10.1. The maximum Gasteiger partial charge on any atom is 0.0797 e. The van der Waals surface area contributed by atoms with Crippen molar-refractivity contribution in [1.29, 1.82) is 0 Å². The van der Waals surface area contributed by atoms with Crippen molar-refractivity contribution in [3.63, 3.8) is 0 Å². The van der Waals surface area contributed by atoms with E-state index in [4.69, 9.17) is 5.11 Å². The van der Waals surface area contributed by atoms with Gasteiger partial charge in [-0.2, -0.15) is 0 Å². The highest BCUT2D eigenvalue weighted by molar-refractivity contribution is 7.09. The monoisotopic (exact) mass is 228 g/mol. The number of aromatic nitrogens is 1. The van der Waals surface area contributed by atoms with Crippen LogP contribution in [0.4, 0.5) is 0 Å². The summed E-state index contributed by atoms with van der Waals surface area (Å²) in [6.45, 7) is 5.44. The molecule has 2 N–H and O–H groups in total. The van der Waals surface area contributed by atoms with Crippen LogP contribution < -0.4 is 5.32 Å². The van der Waals surface area contributed by atoms with Crippen molar-refractivity contribution in [3.8, 4) is 0 Å². The molecule has 3 nitrogen and oxygen atoms in total. The molecule has 1 aromatic rings. The number of nitrogens with zero attached hydrogens (tertiary/aromatic N) is 1. The summed E-state index contributed by atoms with van der Waals surface area (Å²) in [5.41, 5.74) is 3.05. The molecule has 1 heterocycles. The summed E-state index contributed by atoms with van der Waals surface area (Å²) in [6.07, 6.45) is 2.96. The number of aliphatic hydroxyl groups excluding tert-OH is 1. The van der Waals surface area contributed by atoms with E-state index in [0.29, 0.717) is 6.04 Å². The third kappa shape index (κ3) is 4.28. The van der Waals surface area contributed by atoms with Gasteiger partial charge in [0.1, 0.15) is 0 Å². The lowest BCUT2D eigenvalue weighted by Gasteiger charge is -2.15.